The van der Waals surface area contributed by atoms with Gasteiger partial charge >= 0.3 is 5.97 Å². The van der Waals surface area contributed by atoms with Gasteiger partial charge in [-0.25, -0.2) is 9.18 Å². The maximum absolute atomic E-state index is 13.6. The Morgan fingerprint density at radius 3 is 2.68 bits per heavy atom. The van der Waals surface area contributed by atoms with Crippen molar-refractivity contribution in [3.05, 3.63) is 35.9 Å². The summed E-state index contributed by atoms with van der Waals surface area (Å²) in [6, 6.07) is 9.32. The molecule has 3 rings (SSSR count). The van der Waals surface area contributed by atoms with Gasteiger partial charge in [-0.3, -0.25) is 0 Å². The van der Waals surface area contributed by atoms with E-state index in [0.717, 1.165) is 25.1 Å². The fourth-order valence-electron chi connectivity index (χ4n) is 3.27. The van der Waals surface area contributed by atoms with Gasteiger partial charge < -0.3 is 9.22 Å². The molecule has 102 valence electrons. The zero-order chi connectivity index (χ0) is 13.3. The minimum atomic E-state index is -0.852. The molecule has 2 unspecified atom stereocenters. The fraction of sp³-hybridized carbons (Fsp3) is 0.533. The number of esters is 1. The van der Waals surface area contributed by atoms with Crippen LogP contribution in [-0.2, 0) is 16.1 Å². The maximum Gasteiger partial charge on any atom is 0.365 e. The molecule has 1 aromatic carbocycles. The summed E-state index contributed by atoms with van der Waals surface area (Å²) in [5, 5.41) is 0. The summed E-state index contributed by atoms with van der Waals surface area (Å²) in [5.41, 5.74) is 0.973. The molecule has 0 saturated carbocycles. The van der Waals surface area contributed by atoms with Gasteiger partial charge in [0.2, 0.25) is 0 Å². The van der Waals surface area contributed by atoms with Crippen LogP contribution < -0.4 is 0 Å². The summed E-state index contributed by atoms with van der Waals surface area (Å²) in [4.78, 5) is 12.2. The van der Waals surface area contributed by atoms with Gasteiger partial charge in [-0.15, -0.1) is 0 Å². The zero-order valence-corrected chi connectivity index (χ0v) is 10.9. The molecular weight excluding hydrogens is 245 g/mol. The highest BCUT2D eigenvalue weighted by Crippen LogP contribution is 2.36. The van der Waals surface area contributed by atoms with Crippen LogP contribution in [0.1, 0.15) is 18.4 Å². The van der Waals surface area contributed by atoms with Crippen molar-refractivity contribution in [3.8, 4) is 0 Å². The summed E-state index contributed by atoms with van der Waals surface area (Å²) in [7, 11) is 0. The van der Waals surface area contributed by atoms with Gasteiger partial charge in [-0.2, -0.15) is 0 Å². The van der Waals surface area contributed by atoms with Gasteiger partial charge in [0.15, 0.2) is 12.2 Å². The van der Waals surface area contributed by atoms with E-state index in [1.54, 1.807) is 0 Å². The van der Waals surface area contributed by atoms with Crippen LogP contribution in [0.15, 0.2) is 30.3 Å². The maximum atomic E-state index is 13.6. The molecule has 19 heavy (non-hydrogen) atoms. The number of carbonyl (C=O) groups excluding carboxylic acids is 1. The van der Waals surface area contributed by atoms with E-state index in [1.807, 2.05) is 30.3 Å². The predicted molar refractivity (Wildman–Crippen MR) is 69.0 cm³/mol. The fourth-order valence-corrected chi connectivity index (χ4v) is 3.27. The van der Waals surface area contributed by atoms with E-state index in [4.69, 9.17) is 4.74 Å². The van der Waals surface area contributed by atoms with Gasteiger partial charge in [-0.05, 0) is 5.56 Å². The third kappa shape index (κ3) is 2.37. The number of quaternary nitrogens is 1. The van der Waals surface area contributed by atoms with Crippen molar-refractivity contribution in [1.29, 1.82) is 0 Å². The highest BCUT2D eigenvalue weighted by molar-refractivity contribution is 5.75. The number of nitrogens with zero attached hydrogens (tertiary/aromatic N) is 1. The second-order valence-electron chi connectivity index (χ2n) is 5.64. The lowest BCUT2D eigenvalue weighted by Gasteiger charge is -2.45. The number of ether oxygens (including phenoxy) is 1. The standard InChI is InChI=1S/C15H19FNO2/c16-13-9-14(17(10-13)7-4-8-17)15(18)19-11-12-5-2-1-3-6-12/h1-3,5-6,13-14H,4,7-11H2/q+1. The van der Waals surface area contributed by atoms with Gasteiger partial charge in [0.1, 0.15) is 13.2 Å². The van der Waals surface area contributed by atoms with Gasteiger partial charge in [0, 0.05) is 12.8 Å². The number of halogens is 1. The van der Waals surface area contributed by atoms with E-state index >= 15 is 0 Å². The Labute approximate surface area is 112 Å². The summed E-state index contributed by atoms with van der Waals surface area (Å²) in [6.07, 6.45) is 0.567. The van der Waals surface area contributed by atoms with Crippen molar-refractivity contribution in [2.75, 3.05) is 19.6 Å². The van der Waals surface area contributed by atoms with Crippen LogP contribution in [0.25, 0.3) is 0 Å². The third-order valence-electron chi connectivity index (χ3n) is 4.40. The van der Waals surface area contributed by atoms with Crippen molar-refractivity contribution in [1.82, 2.24) is 0 Å². The number of alkyl halides is 1. The first-order valence-electron chi connectivity index (χ1n) is 6.90. The third-order valence-corrected chi connectivity index (χ3v) is 4.40. The molecule has 2 saturated heterocycles. The lowest BCUT2D eigenvalue weighted by Crippen LogP contribution is -2.63. The van der Waals surface area contributed by atoms with E-state index < -0.39 is 6.17 Å². The average Bonchev–Trinajstić information content (AvgIpc) is 2.75. The van der Waals surface area contributed by atoms with E-state index in [0.29, 0.717) is 17.4 Å². The molecule has 2 heterocycles. The second-order valence-corrected chi connectivity index (χ2v) is 5.64. The normalized spacial score (nSPS) is 28.1. The highest BCUT2D eigenvalue weighted by Gasteiger charge is 2.55. The molecule has 2 atom stereocenters. The number of hydrogen-bond donors (Lipinski definition) is 0. The largest absolute Gasteiger partial charge is 0.456 e. The molecule has 0 N–H and O–H groups in total. The highest BCUT2D eigenvalue weighted by atomic mass is 19.1. The molecule has 2 aliphatic heterocycles. The van der Waals surface area contributed by atoms with Gasteiger partial charge in [-0.1, -0.05) is 30.3 Å². The van der Waals surface area contributed by atoms with Crippen LogP contribution in [0.4, 0.5) is 4.39 Å². The summed E-state index contributed by atoms with van der Waals surface area (Å²) in [5.74, 6) is -0.233. The lowest BCUT2D eigenvalue weighted by molar-refractivity contribution is -0.967. The van der Waals surface area contributed by atoms with Crippen molar-refractivity contribution in [2.24, 2.45) is 0 Å². The monoisotopic (exact) mass is 264 g/mol. The molecule has 0 aromatic heterocycles. The van der Waals surface area contributed by atoms with Crippen LogP contribution in [0.5, 0.6) is 0 Å². The van der Waals surface area contributed by atoms with Crippen molar-refractivity contribution in [2.45, 2.75) is 31.7 Å². The Morgan fingerprint density at radius 2 is 2.05 bits per heavy atom. The van der Waals surface area contributed by atoms with E-state index in [2.05, 4.69) is 0 Å². The van der Waals surface area contributed by atoms with Gasteiger partial charge in [0.25, 0.3) is 0 Å². The Bertz CT molecular complexity index is 458. The Morgan fingerprint density at radius 1 is 1.32 bits per heavy atom. The Balaban J connectivity index is 1.61. The quantitative estimate of drug-likeness (QED) is 0.617. The summed E-state index contributed by atoms with van der Waals surface area (Å²) >= 11 is 0. The molecule has 0 bridgehead atoms. The van der Waals surface area contributed by atoms with Crippen molar-refractivity contribution < 1.29 is 18.4 Å². The first kappa shape index (κ1) is 12.6. The molecule has 0 amide bonds. The number of rotatable bonds is 3. The first-order chi connectivity index (χ1) is 9.20. The second kappa shape index (κ2) is 4.93. The van der Waals surface area contributed by atoms with Crippen LogP contribution >= 0.6 is 0 Å². The smallest absolute Gasteiger partial charge is 0.365 e. The zero-order valence-electron chi connectivity index (χ0n) is 10.9. The minimum absolute atomic E-state index is 0.233. The molecule has 4 heteroatoms. The molecule has 2 fully saturated rings. The molecule has 1 aromatic rings. The Hall–Kier alpha value is -1.42. The molecular formula is C15H19FNO2+. The van der Waals surface area contributed by atoms with Crippen LogP contribution in [0.3, 0.4) is 0 Å². The van der Waals surface area contributed by atoms with Crippen LogP contribution in [-0.4, -0.2) is 42.3 Å². The minimum Gasteiger partial charge on any atom is -0.456 e. The van der Waals surface area contributed by atoms with Gasteiger partial charge in [0.05, 0.1) is 13.1 Å². The predicted octanol–water partition coefficient (Wildman–Crippen LogP) is 2.06. The van der Waals surface area contributed by atoms with E-state index in [1.165, 1.54) is 0 Å². The molecule has 3 nitrogen and oxygen atoms in total. The SMILES string of the molecule is O=C(OCc1ccccc1)C1CC(F)C[N+]12CCC2. The molecule has 1 spiro atoms. The van der Waals surface area contributed by atoms with E-state index in [9.17, 15) is 9.18 Å². The lowest BCUT2D eigenvalue weighted by atomic mass is 10.1. The molecule has 2 aliphatic rings. The average molecular weight is 264 g/mol. The topological polar surface area (TPSA) is 26.3 Å². The van der Waals surface area contributed by atoms with Crippen molar-refractivity contribution >= 4 is 5.97 Å². The van der Waals surface area contributed by atoms with Crippen LogP contribution in [0.2, 0.25) is 0 Å². The number of hydrogen-bond acceptors (Lipinski definition) is 2. The van der Waals surface area contributed by atoms with Crippen LogP contribution in [0, 0.1) is 0 Å². The van der Waals surface area contributed by atoms with E-state index in [-0.39, 0.29) is 18.6 Å². The molecule has 0 aliphatic carbocycles. The number of benzene rings is 1. The first-order valence-corrected chi connectivity index (χ1v) is 6.90. The summed E-state index contributed by atoms with van der Waals surface area (Å²) in [6.45, 7) is 2.62. The number of carbonyl (C=O) groups is 1. The molecule has 0 radical (unpaired) electrons. The van der Waals surface area contributed by atoms with Crippen molar-refractivity contribution in [3.63, 3.8) is 0 Å². The summed E-state index contributed by atoms with van der Waals surface area (Å²) < 4.78 is 19.6. The Kier molecular flexibility index (Phi) is 3.27.